The van der Waals surface area contributed by atoms with E-state index in [0.717, 1.165) is 42.4 Å². The van der Waals surface area contributed by atoms with Crippen molar-refractivity contribution in [3.05, 3.63) is 71.3 Å². The van der Waals surface area contributed by atoms with Gasteiger partial charge in [0, 0.05) is 24.2 Å². The van der Waals surface area contributed by atoms with Crippen molar-refractivity contribution in [2.24, 2.45) is 0 Å². The highest BCUT2D eigenvalue weighted by molar-refractivity contribution is 5.91. The molecule has 1 aliphatic carbocycles. The highest BCUT2D eigenvalue weighted by Gasteiger charge is 2.52. The number of ether oxygens (including phenoxy) is 2. The third kappa shape index (κ3) is 4.30. The normalized spacial score (nSPS) is 37.1. The van der Waals surface area contributed by atoms with E-state index in [-0.39, 0.29) is 30.1 Å². The summed E-state index contributed by atoms with van der Waals surface area (Å²) < 4.78 is 12.7. The van der Waals surface area contributed by atoms with Gasteiger partial charge in [0.15, 0.2) is 0 Å². The van der Waals surface area contributed by atoms with E-state index >= 15 is 0 Å². The molecule has 6 nitrogen and oxygen atoms in total. The summed E-state index contributed by atoms with van der Waals surface area (Å²) in [5.41, 5.74) is 1.84. The van der Waals surface area contributed by atoms with Crippen molar-refractivity contribution < 1.29 is 19.1 Å². The maximum absolute atomic E-state index is 14.4. The van der Waals surface area contributed by atoms with E-state index in [9.17, 15) is 9.59 Å². The first-order valence-corrected chi connectivity index (χ1v) is 15.4. The fourth-order valence-electron chi connectivity index (χ4n) is 8.85. The monoisotopic (exact) mass is 542 g/mol. The zero-order valence-electron chi connectivity index (χ0n) is 23.8. The van der Waals surface area contributed by atoms with Crippen LogP contribution in [0.1, 0.15) is 86.8 Å². The summed E-state index contributed by atoms with van der Waals surface area (Å²) in [6, 6.07) is 20.1. The average molecular weight is 543 g/mol. The molecule has 0 amide bonds. The first-order chi connectivity index (χ1) is 19.4. The molecule has 5 aliphatic rings. The van der Waals surface area contributed by atoms with Gasteiger partial charge in [-0.05, 0) is 95.0 Å². The van der Waals surface area contributed by atoms with E-state index < -0.39 is 5.41 Å². The summed E-state index contributed by atoms with van der Waals surface area (Å²) in [7, 11) is 4.41. The number of carbonyl (C=O) groups is 2. The van der Waals surface area contributed by atoms with Crippen LogP contribution in [0.15, 0.2) is 54.6 Å². The average Bonchev–Trinajstić information content (AvgIpc) is 3.28. The molecule has 6 heteroatoms. The Morgan fingerprint density at radius 1 is 0.700 bits per heavy atom. The molecule has 4 aliphatic heterocycles. The van der Waals surface area contributed by atoms with Gasteiger partial charge in [-0.15, -0.1) is 0 Å². The van der Waals surface area contributed by atoms with Crippen LogP contribution in [0.3, 0.4) is 0 Å². The molecular formula is C34H42N2O4. The van der Waals surface area contributed by atoms with Crippen molar-refractivity contribution in [2.45, 2.75) is 112 Å². The number of benzene rings is 2. The molecule has 0 aromatic heterocycles. The SMILES string of the molecule is CN1[C@@H]2CC[C@@H]1CC(OC(=O)[C@@H]1CC[C@](C(=O)OC3C[C@@H]4CC[C@@H](C3)N4C)(c3ccccc3)c3ccccc31)C2. The van der Waals surface area contributed by atoms with Crippen LogP contribution in [0.2, 0.25) is 0 Å². The van der Waals surface area contributed by atoms with E-state index in [0.29, 0.717) is 37.0 Å². The molecule has 0 radical (unpaired) electrons. The number of nitrogens with zero attached hydrogens (tertiary/aromatic N) is 2. The summed E-state index contributed by atoms with van der Waals surface area (Å²) >= 11 is 0. The molecule has 212 valence electrons. The predicted molar refractivity (Wildman–Crippen MR) is 153 cm³/mol. The van der Waals surface area contributed by atoms with E-state index in [4.69, 9.17) is 9.47 Å². The lowest BCUT2D eigenvalue weighted by Gasteiger charge is -2.42. The number of esters is 2. The number of hydrogen-bond donors (Lipinski definition) is 0. The van der Waals surface area contributed by atoms with Crippen molar-refractivity contribution in [2.75, 3.05) is 14.1 Å². The van der Waals surface area contributed by atoms with Crippen LogP contribution in [0.4, 0.5) is 0 Å². The number of fused-ring (bicyclic) bond motifs is 5. The summed E-state index contributed by atoms with van der Waals surface area (Å²) in [6.45, 7) is 0. The van der Waals surface area contributed by atoms with Gasteiger partial charge in [0.2, 0.25) is 0 Å². The molecule has 4 heterocycles. The van der Waals surface area contributed by atoms with Gasteiger partial charge in [0.05, 0.1) is 5.92 Å². The lowest BCUT2D eigenvalue weighted by molar-refractivity contribution is -0.160. The van der Waals surface area contributed by atoms with Crippen LogP contribution < -0.4 is 0 Å². The van der Waals surface area contributed by atoms with Crippen LogP contribution in [0.25, 0.3) is 0 Å². The van der Waals surface area contributed by atoms with E-state index in [1.54, 1.807) is 0 Å². The molecule has 40 heavy (non-hydrogen) atoms. The molecule has 4 saturated heterocycles. The van der Waals surface area contributed by atoms with Crippen LogP contribution in [0, 0.1) is 0 Å². The third-order valence-corrected chi connectivity index (χ3v) is 11.2. The predicted octanol–water partition coefficient (Wildman–Crippen LogP) is 5.19. The van der Waals surface area contributed by atoms with Gasteiger partial charge in [-0.25, -0.2) is 0 Å². The molecule has 0 saturated carbocycles. The van der Waals surface area contributed by atoms with Gasteiger partial charge in [0.1, 0.15) is 17.6 Å². The van der Waals surface area contributed by atoms with Crippen LogP contribution in [0.5, 0.6) is 0 Å². The Hall–Kier alpha value is -2.70. The highest BCUT2D eigenvalue weighted by Crippen LogP contribution is 2.49. The first kappa shape index (κ1) is 26.2. The minimum atomic E-state index is -0.927. The minimum Gasteiger partial charge on any atom is -0.462 e. The zero-order chi connectivity index (χ0) is 27.4. The van der Waals surface area contributed by atoms with Gasteiger partial charge >= 0.3 is 11.9 Å². The van der Waals surface area contributed by atoms with E-state index in [2.05, 4.69) is 23.9 Å². The second kappa shape index (κ2) is 10.3. The topological polar surface area (TPSA) is 59.1 Å². The molecule has 2 aromatic carbocycles. The van der Waals surface area contributed by atoms with Crippen LogP contribution in [-0.4, -0.2) is 72.2 Å². The number of hydrogen-bond acceptors (Lipinski definition) is 6. The van der Waals surface area contributed by atoms with E-state index in [1.807, 2.05) is 54.6 Å². The number of rotatable bonds is 5. The Bertz CT molecular complexity index is 1240. The fourth-order valence-corrected chi connectivity index (χ4v) is 8.85. The molecule has 2 aromatic rings. The Morgan fingerprint density at radius 2 is 1.23 bits per heavy atom. The summed E-state index contributed by atoms with van der Waals surface area (Å²) in [5, 5.41) is 0. The standard InChI is InChI=1S/C34H42N2O4/c1-35-23-12-13-24(35)19-27(18-23)39-32(37)30-16-17-34(22-8-4-3-5-9-22,31-11-7-6-10-29(30)31)33(38)40-28-20-25-14-15-26(21-28)36(25)2/h3-11,23-28,30H,12-21H2,1-2H3/t23-,24-,25+,26+,30-,34+/m1/s1. The zero-order valence-corrected chi connectivity index (χ0v) is 23.8. The number of piperidine rings is 2. The van der Waals surface area contributed by atoms with Crippen molar-refractivity contribution >= 4 is 11.9 Å². The molecule has 7 rings (SSSR count). The van der Waals surface area contributed by atoms with Gasteiger partial charge in [-0.3, -0.25) is 9.59 Å². The fraction of sp³-hybridized carbons (Fsp3) is 0.588. The molecule has 4 bridgehead atoms. The smallest absolute Gasteiger partial charge is 0.321 e. The quantitative estimate of drug-likeness (QED) is 0.485. The van der Waals surface area contributed by atoms with E-state index in [1.165, 1.54) is 25.7 Å². The van der Waals surface area contributed by atoms with Gasteiger partial charge < -0.3 is 19.3 Å². The van der Waals surface area contributed by atoms with Crippen molar-refractivity contribution in [1.82, 2.24) is 9.80 Å². The second-order valence-corrected chi connectivity index (χ2v) is 13.1. The van der Waals surface area contributed by atoms with Crippen molar-refractivity contribution in [1.29, 1.82) is 0 Å². The van der Waals surface area contributed by atoms with Gasteiger partial charge in [0.25, 0.3) is 0 Å². The molecule has 0 unspecified atom stereocenters. The molecule has 4 fully saturated rings. The highest BCUT2D eigenvalue weighted by atomic mass is 16.5. The summed E-state index contributed by atoms with van der Waals surface area (Å²) in [4.78, 5) is 33.1. The van der Waals surface area contributed by atoms with Gasteiger partial charge in [-0.2, -0.15) is 0 Å². The Kier molecular flexibility index (Phi) is 6.74. The van der Waals surface area contributed by atoms with Crippen LogP contribution >= 0.6 is 0 Å². The van der Waals surface area contributed by atoms with Crippen molar-refractivity contribution in [3.63, 3.8) is 0 Å². The summed E-state index contributed by atoms with van der Waals surface area (Å²) in [6.07, 6.45) is 9.44. The Morgan fingerprint density at radius 3 is 1.82 bits per heavy atom. The summed E-state index contributed by atoms with van der Waals surface area (Å²) in [5.74, 6) is -0.667. The second-order valence-electron chi connectivity index (χ2n) is 13.1. The number of carbonyl (C=O) groups excluding carboxylic acids is 2. The Labute approximate surface area is 238 Å². The minimum absolute atomic E-state index is 0.0149. The molecule has 6 atom stereocenters. The third-order valence-electron chi connectivity index (χ3n) is 11.2. The lowest BCUT2D eigenvalue weighted by atomic mass is 9.63. The molecule has 0 N–H and O–H groups in total. The maximum atomic E-state index is 14.4. The van der Waals surface area contributed by atoms with Crippen molar-refractivity contribution in [3.8, 4) is 0 Å². The molecular weight excluding hydrogens is 500 g/mol. The molecule has 0 spiro atoms. The largest absolute Gasteiger partial charge is 0.462 e. The maximum Gasteiger partial charge on any atom is 0.321 e. The first-order valence-electron chi connectivity index (χ1n) is 15.4. The van der Waals surface area contributed by atoms with Crippen LogP contribution in [-0.2, 0) is 24.5 Å². The lowest BCUT2D eigenvalue weighted by Crippen LogP contribution is -2.48. The van der Waals surface area contributed by atoms with Gasteiger partial charge in [-0.1, -0.05) is 54.6 Å². The Balaban J connectivity index is 1.18.